The average molecular weight is 403 g/mol. The van der Waals surface area contributed by atoms with Crippen molar-refractivity contribution in [1.82, 2.24) is 10.6 Å². The number of nitrogens with one attached hydrogen (secondary N) is 4. The van der Waals surface area contributed by atoms with Crippen molar-refractivity contribution in [1.29, 1.82) is 0 Å². The van der Waals surface area contributed by atoms with Crippen LogP contribution in [0.4, 0.5) is 16.2 Å². The van der Waals surface area contributed by atoms with E-state index in [-0.39, 0.29) is 24.3 Å². The lowest BCUT2D eigenvalue weighted by Gasteiger charge is -2.11. The highest BCUT2D eigenvalue weighted by atomic mass is 35.5. The number of benzene rings is 2. The third-order valence-corrected chi connectivity index (χ3v) is 4.65. The number of halogens is 1. The molecule has 3 amide bonds. The fraction of sp³-hybridized carbons (Fsp3) is 0.333. The van der Waals surface area contributed by atoms with E-state index in [1.807, 2.05) is 54.6 Å². The predicted octanol–water partition coefficient (Wildman–Crippen LogP) is 3.76. The van der Waals surface area contributed by atoms with Gasteiger partial charge in [0.1, 0.15) is 0 Å². The summed E-state index contributed by atoms with van der Waals surface area (Å²) in [6.45, 7) is 2.54. The van der Waals surface area contributed by atoms with Gasteiger partial charge in [-0.05, 0) is 61.7 Å². The van der Waals surface area contributed by atoms with Gasteiger partial charge in [0, 0.05) is 24.3 Å². The molecule has 2 aromatic carbocycles. The zero-order valence-electron chi connectivity index (χ0n) is 15.7. The average Bonchev–Trinajstić information content (AvgIpc) is 3.19. The van der Waals surface area contributed by atoms with Gasteiger partial charge in [-0.1, -0.05) is 30.3 Å². The van der Waals surface area contributed by atoms with Crippen molar-refractivity contribution < 1.29 is 9.59 Å². The Bertz CT molecular complexity index is 764. The molecule has 150 valence electrons. The van der Waals surface area contributed by atoms with Gasteiger partial charge in [-0.25, -0.2) is 4.79 Å². The van der Waals surface area contributed by atoms with E-state index in [2.05, 4.69) is 21.3 Å². The van der Waals surface area contributed by atoms with E-state index in [0.29, 0.717) is 24.6 Å². The van der Waals surface area contributed by atoms with Crippen LogP contribution in [0.5, 0.6) is 0 Å². The van der Waals surface area contributed by atoms with Gasteiger partial charge in [-0.3, -0.25) is 4.79 Å². The molecule has 3 rings (SSSR count). The third-order valence-electron chi connectivity index (χ3n) is 4.65. The first kappa shape index (κ1) is 21.7. The molecule has 0 saturated carbocycles. The number of hydrogen-bond acceptors (Lipinski definition) is 3. The number of carbonyl (C=O) groups is 2. The van der Waals surface area contributed by atoms with Crippen molar-refractivity contribution in [3.05, 3.63) is 60.2 Å². The number of para-hydroxylation sites is 1. The largest absolute Gasteiger partial charge is 0.352 e. The van der Waals surface area contributed by atoms with Gasteiger partial charge in [0.15, 0.2) is 0 Å². The maximum atomic E-state index is 12.1. The molecule has 1 heterocycles. The number of rotatable bonds is 7. The first-order valence-corrected chi connectivity index (χ1v) is 9.38. The summed E-state index contributed by atoms with van der Waals surface area (Å²) in [5, 5.41) is 11.9. The summed E-state index contributed by atoms with van der Waals surface area (Å²) < 4.78 is 0. The van der Waals surface area contributed by atoms with Crippen LogP contribution >= 0.6 is 12.4 Å². The minimum Gasteiger partial charge on any atom is -0.352 e. The molecule has 1 saturated heterocycles. The molecular formula is C21H27ClN4O2. The molecule has 0 bridgehead atoms. The van der Waals surface area contributed by atoms with E-state index in [9.17, 15) is 9.59 Å². The number of anilines is 2. The van der Waals surface area contributed by atoms with E-state index in [1.54, 1.807) is 0 Å². The first-order chi connectivity index (χ1) is 13.2. The summed E-state index contributed by atoms with van der Waals surface area (Å²) in [5.41, 5.74) is 2.37. The molecule has 6 nitrogen and oxygen atoms in total. The Hall–Kier alpha value is -2.57. The zero-order valence-corrected chi connectivity index (χ0v) is 16.6. The molecule has 1 unspecified atom stereocenters. The SMILES string of the molecule is Cl.O=C(CCC1CCNC1)NCc1cccc(NC(=O)Nc2ccccc2)c1. The van der Waals surface area contributed by atoms with Crippen LogP contribution in [0.3, 0.4) is 0 Å². The van der Waals surface area contributed by atoms with Crippen LogP contribution in [0.15, 0.2) is 54.6 Å². The quantitative estimate of drug-likeness (QED) is 0.569. The fourth-order valence-corrected chi connectivity index (χ4v) is 3.16. The van der Waals surface area contributed by atoms with E-state index >= 15 is 0 Å². The van der Waals surface area contributed by atoms with Crippen molar-refractivity contribution in [2.45, 2.75) is 25.8 Å². The second-order valence-electron chi connectivity index (χ2n) is 6.82. The molecule has 1 fully saturated rings. The number of urea groups is 1. The molecule has 0 aliphatic carbocycles. The van der Waals surface area contributed by atoms with Crippen LogP contribution in [0.1, 0.15) is 24.8 Å². The van der Waals surface area contributed by atoms with Gasteiger partial charge >= 0.3 is 6.03 Å². The maximum Gasteiger partial charge on any atom is 0.323 e. The molecule has 1 atom stereocenters. The number of carbonyl (C=O) groups excluding carboxylic acids is 2. The fourth-order valence-electron chi connectivity index (χ4n) is 3.16. The Balaban J connectivity index is 0.00000280. The Morgan fingerprint density at radius 2 is 1.75 bits per heavy atom. The summed E-state index contributed by atoms with van der Waals surface area (Å²) in [6.07, 6.45) is 2.65. The number of amides is 3. The summed E-state index contributed by atoms with van der Waals surface area (Å²) in [7, 11) is 0. The van der Waals surface area contributed by atoms with Crippen LogP contribution < -0.4 is 21.3 Å². The van der Waals surface area contributed by atoms with Crippen LogP contribution in [0, 0.1) is 5.92 Å². The van der Waals surface area contributed by atoms with E-state index < -0.39 is 0 Å². The summed E-state index contributed by atoms with van der Waals surface area (Å²) in [5.74, 6) is 0.688. The van der Waals surface area contributed by atoms with E-state index in [0.717, 1.165) is 37.2 Å². The topological polar surface area (TPSA) is 82.3 Å². The molecular weight excluding hydrogens is 376 g/mol. The Kier molecular flexibility index (Phi) is 8.78. The molecule has 7 heteroatoms. The highest BCUT2D eigenvalue weighted by molar-refractivity contribution is 5.99. The lowest BCUT2D eigenvalue weighted by molar-refractivity contribution is -0.121. The Labute approximate surface area is 171 Å². The zero-order chi connectivity index (χ0) is 18.9. The maximum absolute atomic E-state index is 12.1. The molecule has 0 aromatic heterocycles. The third kappa shape index (κ3) is 7.21. The van der Waals surface area contributed by atoms with Crippen LogP contribution in [0.2, 0.25) is 0 Å². The van der Waals surface area contributed by atoms with Crippen LogP contribution in [-0.4, -0.2) is 25.0 Å². The number of hydrogen-bond donors (Lipinski definition) is 4. The molecule has 1 aliphatic rings. The van der Waals surface area contributed by atoms with Gasteiger partial charge in [0.25, 0.3) is 0 Å². The van der Waals surface area contributed by atoms with Gasteiger partial charge in [-0.2, -0.15) is 0 Å². The van der Waals surface area contributed by atoms with E-state index in [4.69, 9.17) is 0 Å². The van der Waals surface area contributed by atoms with Gasteiger partial charge in [-0.15, -0.1) is 12.4 Å². The second-order valence-corrected chi connectivity index (χ2v) is 6.82. The molecule has 2 aromatic rings. The van der Waals surface area contributed by atoms with Crippen molar-refractivity contribution in [3.8, 4) is 0 Å². The van der Waals surface area contributed by atoms with Crippen molar-refractivity contribution in [2.75, 3.05) is 23.7 Å². The Morgan fingerprint density at radius 3 is 2.50 bits per heavy atom. The lowest BCUT2D eigenvalue weighted by Crippen LogP contribution is -2.24. The van der Waals surface area contributed by atoms with Crippen molar-refractivity contribution >= 4 is 35.7 Å². The molecule has 28 heavy (non-hydrogen) atoms. The minimum atomic E-state index is -0.299. The van der Waals surface area contributed by atoms with Crippen molar-refractivity contribution in [3.63, 3.8) is 0 Å². The molecule has 0 spiro atoms. The van der Waals surface area contributed by atoms with Gasteiger partial charge in [0.2, 0.25) is 5.91 Å². The summed E-state index contributed by atoms with van der Waals surface area (Å²) in [6, 6.07) is 16.5. The van der Waals surface area contributed by atoms with Crippen LogP contribution in [-0.2, 0) is 11.3 Å². The van der Waals surface area contributed by atoms with Gasteiger partial charge in [0.05, 0.1) is 0 Å². The Morgan fingerprint density at radius 1 is 1.00 bits per heavy atom. The van der Waals surface area contributed by atoms with Crippen LogP contribution in [0.25, 0.3) is 0 Å². The monoisotopic (exact) mass is 402 g/mol. The molecule has 1 aliphatic heterocycles. The first-order valence-electron chi connectivity index (χ1n) is 9.38. The predicted molar refractivity (Wildman–Crippen MR) is 115 cm³/mol. The van der Waals surface area contributed by atoms with Crippen molar-refractivity contribution in [2.24, 2.45) is 5.92 Å². The second kappa shape index (κ2) is 11.3. The smallest absolute Gasteiger partial charge is 0.323 e. The standard InChI is InChI=1S/C21H26N4O2.ClH/c26-20(10-9-16-11-12-22-14-16)23-15-17-5-4-8-19(13-17)25-21(27)24-18-6-2-1-3-7-18;/h1-8,13,16,22H,9-12,14-15H2,(H,23,26)(H2,24,25,27);1H. The lowest BCUT2D eigenvalue weighted by atomic mass is 10.0. The van der Waals surface area contributed by atoms with E-state index in [1.165, 1.54) is 0 Å². The molecule has 4 N–H and O–H groups in total. The van der Waals surface area contributed by atoms with Gasteiger partial charge < -0.3 is 21.3 Å². The summed E-state index contributed by atoms with van der Waals surface area (Å²) in [4.78, 5) is 24.1. The highest BCUT2D eigenvalue weighted by Gasteiger charge is 2.15. The minimum absolute atomic E-state index is 0. The normalized spacial score (nSPS) is 15.4. The summed E-state index contributed by atoms with van der Waals surface area (Å²) >= 11 is 0. The highest BCUT2D eigenvalue weighted by Crippen LogP contribution is 2.15. The molecule has 0 radical (unpaired) electrons.